The van der Waals surface area contributed by atoms with Gasteiger partial charge < -0.3 is 0 Å². The van der Waals surface area contributed by atoms with Crippen LogP contribution in [0.2, 0.25) is 0 Å². The Balaban J connectivity index is 1.62. The van der Waals surface area contributed by atoms with E-state index in [1.165, 1.54) is 32.1 Å². The highest BCUT2D eigenvalue weighted by molar-refractivity contribution is 9.10. The summed E-state index contributed by atoms with van der Waals surface area (Å²) in [4.78, 5) is 2.60. The third kappa shape index (κ3) is 2.84. The standard InChI is InChI=1S/C16H19BrN4S/c17-13-6-4-5-12(9-13)15-18-19-16-21(15)10-20(11-22-16)14-7-2-1-3-8-14/h4-6,9,14H,1-3,7-8,10-11H2. The molecule has 0 amide bonds. The monoisotopic (exact) mass is 378 g/mol. The first-order valence-corrected chi connectivity index (χ1v) is 9.65. The lowest BCUT2D eigenvalue weighted by molar-refractivity contribution is 0.135. The first-order valence-electron chi connectivity index (χ1n) is 7.87. The van der Waals surface area contributed by atoms with Crippen molar-refractivity contribution in [2.45, 2.75) is 50.0 Å². The van der Waals surface area contributed by atoms with Gasteiger partial charge in [0.1, 0.15) is 0 Å². The second-order valence-corrected chi connectivity index (χ2v) is 7.87. The van der Waals surface area contributed by atoms with Crippen LogP contribution in [0.25, 0.3) is 11.4 Å². The van der Waals surface area contributed by atoms with Crippen LogP contribution in [0, 0.1) is 0 Å². The minimum absolute atomic E-state index is 0.729. The number of fused-ring (bicyclic) bond motifs is 1. The Morgan fingerprint density at radius 1 is 1.14 bits per heavy atom. The molecule has 6 heteroatoms. The summed E-state index contributed by atoms with van der Waals surface area (Å²) in [5.41, 5.74) is 1.12. The molecule has 0 N–H and O–H groups in total. The SMILES string of the molecule is Brc1cccc(-c2nnc3n2CN(C2CCCCC2)CS3)c1. The molecule has 2 aromatic rings. The Hall–Kier alpha value is -0.850. The molecule has 2 aliphatic rings. The molecule has 2 heterocycles. The molecule has 4 nitrogen and oxygen atoms in total. The lowest BCUT2D eigenvalue weighted by Gasteiger charge is -2.36. The van der Waals surface area contributed by atoms with Gasteiger partial charge in [0.15, 0.2) is 11.0 Å². The summed E-state index contributed by atoms with van der Waals surface area (Å²) in [5, 5.41) is 9.85. The van der Waals surface area contributed by atoms with Crippen molar-refractivity contribution >= 4 is 27.7 Å². The first-order chi connectivity index (χ1) is 10.8. The maximum atomic E-state index is 4.43. The fourth-order valence-electron chi connectivity index (χ4n) is 3.39. The van der Waals surface area contributed by atoms with E-state index in [2.05, 4.69) is 53.8 Å². The zero-order valence-corrected chi connectivity index (χ0v) is 14.8. The van der Waals surface area contributed by atoms with E-state index in [-0.39, 0.29) is 0 Å². The lowest BCUT2D eigenvalue weighted by atomic mass is 9.95. The van der Waals surface area contributed by atoms with Crippen molar-refractivity contribution in [3.8, 4) is 11.4 Å². The van der Waals surface area contributed by atoms with E-state index in [9.17, 15) is 0 Å². The number of rotatable bonds is 2. The Bertz CT molecular complexity index is 666. The van der Waals surface area contributed by atoms with E-state index < -0.39 is 0 Å². The molecule has 1 aromatic heterocycles. The summed E-state index contributed by atoms with van der Waals surface area (Å²) < 4.78 is 3.35. The molecule has 4 rings (SSSR count). The van der Waals surface area contributed by atoms with Crippen molar-refractivity contribution in [2.75, 3.05) is 5.88 Å². The van der Waals surface area contributed by atoms with Gasteiger partial charge in [0.25, 0.3) is 0 Å². The van der Waals surface area contributed by atoms with Crippen LogP contribution < -0.4 is 0 Å². The highest BCUT2D eigenvalue weighted by Crippen LogP contribution is 2.33. The van der Waals surface area contributed by atoms with Crippen molar-refractivity contribution in [3.63, 3.8) is 0 Å². The van der Waals surface area contributed by atoms with Gasteiger partial charge in [0.05, 0.1) is 12.5 Å². The number of nitrogens with zero attached hydrogens (tertiary/aromatic N) is 4. The molecule has 1 fully saturated rings. The Morgan fingerprint density at radius 2 is 2.00 bits per heavy atom. The molecule has 0 unspecified atom stereocenters. The van der Waals surface area contributed by atoms with Crippen LogP contribution >= 0.6 is 27.7 Å². The number of thioether (sulfide) groups is 1. The van der Waals surface area contributed by atoms with E-state index in [0.717, 1.165) is 39.6 Å². The molecule has 1 saturated carbocycles. The minimum atomic E-state index is 0.729. The lowest BCUT2D eigenvalue weighted by Crippen LogP contribution is -2.40. The summed E-state index contributed by atoms with van der Waals surface area (Å²) in [5.74, 6) is 2.02. The Morgan fingerprint density at radius 3 is 2.82 bits per heavy atom. The number of hydrogen-bond donors (Lipinski definition) is 0. The molecular formula is C16H19BrN4S. The number of hydrogen-bond acceptors (Lipinski definition) is 4. The Kier molecular flexibility index (Phi) is 4.24. The van der Waals surface area contributed by atoms with Gasteiger partial charge >= 0.3 is 0 Å². The van der Waals surface area contributed by atoms with Gasteiger partial charge in [0, 0.05) is 16.1 Å². The van der Waals surface area contributed by atoms with Crippen LogP contribution in [0.3, 0.4) is 0 Å². The van der Waals surface area contributed by atoms with Crippen molar-refractivity contribution in [1.82, 2.24) is 19.7 Å². The average Bonchev–Trinajstić information content (AvgIpc) is 2.99. The molecule has 0 spiro atoms. The van der Waals surface area contributed by atoms with Gasteiger partial charge in [-0.25, -0.2) is 0 Å². The summed E-state index contributed by atoms with van der Waals surface area (Å²) in [6.45, 7) is 0.918. The topological polar surface area (TPSA) is 34.0 Å². The van der Waals surface area contributed by atoms with E-state index in [1.54, 1.807) is 0 Å². The van der Waals surface area contributed by atoms with Crippen LogP contribution in [-0.2, 0) is 6.67 Å². The van der Waals surface area contributed by atoms with Crippen LogP contribution in [0.5, 0.6) is 0 Å². The van der Waals surface area contributed by atoms with Crippen LogP contribution in [0.4, 0.5) is 0 Å². The maximum Gasteiger partial charge on any atom is 0.193 e. The molecule has 1 aliphatic heterocycles. The summed E-state index contributed by atoms with van der Waals surface area (Å²) >= 11 is 5.36. The normalized spacial score (nSPS) is 20.0. The van der Waals surface area contributed by atoms with Crippen molar-refractivity contribution in [2.24, 2.45) is 0 Å². The van der Waals surface area contributed by atoms with E-state index in [4.69, 9.17) is 0 Å². The molecule has 0 bridgehead atoms. The predicted molar refractivity (Wildman–Crippen MR) is 92.6 cm³/mol. The minimum Gasteiger partial charge on any atom is -0.288 e. The largest absolute Gasteiger partial charge is 0.288 e. The second kappa shape index (κ2) is 6.34. The van der Waals surface area contributed by atoms with Crippen LogP contribution in [-0.4, -0.2) is 31.6 Å². The quantitative estimate of drug-likeness (QED) is 0.776. The van der Waals surface area contributed by atoms with Gasteiger partial charge in [-0.15, -0.1) is 10.2 Å². The smallest absolute Gasteiger partial charge is 0.193 e. The maximum absolute atomic E-state index is 4.43. The van der Waals surface area contributed by atoms with Gasteiger partial charge in [-0.1, -0.05) is 59.1 Å². The zero-order valence-electron chi connectivity index (χ0n) is 12.4. The molecule has 0 radical (unpaired) electrons. The molecule has 0 saturated heterocycles. The Labute approximate surface area is 143 Å². The fraction of sp³-hybridized carbons (Fsp3) is 0.500. The first kappa shape index (κ1) is 14.7. The van der Waals surface area contributed by atoms with Gasteiger partial charge in [-0.05, 0) is 25.0 Å². The summed E-state index contributed by atoms with van der Waals surface area (Å²) in [7, 11) is 0. The molecule has 116 valence electrons. The van der Waals surface area contributed by atoms with Crippen LogP contribution in [0.1, 0.15) is 32.1 Å². The number of halogens is 1. The van der Waals surface area contributed by atoms with Crippen molar-refractivity contribution in [1.29, 1.82) is 0 Å². The highest BCUT2D eigenvalue weighted by Gasteiger charge is 2.28. The zero-order chi connectivity index (χ0) is 14.9. The number of benzene rings is 1. The van der Waals surface area contributed by atoms with Crippen LogP contribution in [0.15, 0.2) is 33.9 Å². The molecule has 1 aromatic carbocycles. The number of aromatic nitrogens is 3. The van der Waals surface area contributed by atoms with E-state index >= 15 is 0 Å². The molecular weight excluding hydrogens is 360 g/mol. The third-order valence-electron chi connectivity index (χ3n) is 4.57. The van der Waals surface area contributed by atoms with Crippen molar-refractivity contribution in [3.05, 3.63) is 28.7 Å². The van der Waals surface area contributed by atoms with Gasteiger partial charge in [-0.3, -0.25) is 9.47 Å². The molecule has 0 atom stereocenters. The van der Waals surface area contributed by atoms with E-state index in [0.29, 0.717) is 0 Å². The van der Waals surface area contributed by atoms with Gasteiger partial charge in [0.2, 0.25) is 0 Å². The van der Waals surface area contributed by atoms with E-state index in [1.807, 2.05) is 17.8 Å². The fourth-order valence-corrected chi connectivity index (χ4v) is 4.77. The predicted octanol–water partition coefficient (Wildman–Crippen LogP) is 4.36. The summed E-state index contributed by atoms with van der Waals surface area (Å²) in [6, 6.07) is 9.04. The highest BCUT2D eigenvalue weighted by atomic mass is 79.9. The van der Waals surface area contributed by atoms with Crippen molar-refractivity contribution < 1.29 is 0 Å². The molecule has 22 heavy (non-hydrogen) atoms. The van der Waals surface area contributed by atoms with Gasteiger partial charge in [-0.2, -0.15) is 0 Å². The second-order valence-electron chi connectivity index (χ2n) is 6.04. The third-order valence-corrected chi connectivity index (χ3v) is 6.09. The molecule has 1 aliphatic carbocycles. The summed E-state index contributed by atoms with van der Waals surface area (Å²) in [6.07, 6.45) is 6.83. The average molecular weight is 379 g/mol.